The van der Waals surface area contributed by atoms with E-state index < -0.39 is 5.91 Å². The number of aromatic nitrogens is 3. The number of anilines is 1. The van der Waals surface area contributed by atoms with E-state index in [1.54, 1.807) is 18.5 Å². The average Bonchev–Trinajstić information content (AvgIpc) is 3.18. The number of nitrogens with zero attached hydrogens (tertiary/aromatic N) is 3. The third-order valence-corrected chi connectivity index (χ3v) is 7.31. The van der Waals surface area contributed by atoms with Gasteiger partial charge >= 0.3 is 0 Å². The van der Waals surface area contributed by atoms with Gasteiger partial charge in [0.05, 0.1) is 34.3 Å². The molecule has 1 amide bonds. The fraction of sp³-hybridized carbons (Fsp3) is 0.429. The Labute approximate surface area is 210 Å². The van der Waals surface area contributed by atoms with Gasteiger partial charge in [-0.3, -0.25) is 14.6 Å². The van der Waals surface area contributed by atoms with Crippen molar-refractivity contribution in [2.75, 3.05) is 5.32 Å². The van der Waals surface area contributed by atoms with Crippen LogP contribution in [0.4, 0.5) is 5.69 Å². The van der Waals surface area contributed by atoms with E-state index in [-0.39, 0.29) is 23.3 Å². The molecule has 8 heteroatoms. The summed E-state index contributed by atoms with van der Waals surface area (Å²) < 4.78 is 1.87. The summed E-state index contributed by atoms with van der Waals surface area (Å²) in [4.78, 5) is 29.6. The molecule has 5 rings (SSSR count). The maximum Gasteiger partial charge on any atom is 0.250 e. The summed E-state index contributed by atoms with van der Waals surface area (Å²) in [6.07, 6.45) is 8.06. The van der Waals surface area contributed by atoms with E-state index in [0.717, 1.165) is 54.7 Å². The molecule has 1 aromatic carbocycles. The molecule has 1 fully saturated rings. The minimum atomic E-state index is -0.503. The van der Waals surface area contributed by atoms with E-state index in [0.29, 0.717) is 29.7 Å². The SMILES string of the molecule is CC1(C)CC(=O)c2c(Cc3ccncc3)nn(-c3ccc(C(N)=O)c(N[C@H]4CC[C@H](O)CC4)c3)c2C1. The van der Waals surface area contributed by atoms with Crippen molar-refractivity contribution in [3.05, 3.63) is 70.8 Å². The van der Waals surface area contributed by atoms with Crippen LogP contribution in [0.25, 0.3) is 5.69 Å². The van der Waals surface area contributed by atoms with E-state index in [1.807, 2.05) is 28.9 Å². The van der Waals surface area contributed by atoms with Gasteiger partial charge in [-0.05, 0) is 73.4 Å². The summed E-state index contributed by atoms with van der Waals surface area (Å²) in [5.74, 6) is -0.388. The van der Waals surface area contributed by atoms with E-state index in [4.69, 9.17) is 10.8 Å². The van der Waals surface area contributed by atoms with Crippen molar-refractivity contribution in [1.82, 2.24) is 14.8 Å². The van der Waals surface area contributed by atoms with Crippen LogP contribution >= 0.6 is 0 Å². The van der Waals surface area contributed by atoms with Gasteiger partial charge in [-0.1, -0.05) is 13.8 Å². The van der Waals surface area contributed by atoms with Crippen molar-refractivity contribution in [3.8, 4) is 5.69 Å². The molecule has 8 nitrogen and oxygen atoms in total. The van der Waals surface area contributed by atoms with E-state index in [9.17, 15) is 14.7 Å². The Morgan fingerprint density at radius 3 is 2.56 bits per heavy atom. The number of hydrogen-bond donors (Lipinski definition) is 3. The number of aliphatic hydroxyl groups excluding tert-OH is 1. The molecule has 0 bridgehead atoms. The second-order valence-corrected chi connectivity index (χ2v) is 10.9. The molecule has 0 spiro atoms. The first kappa shape index (κ1) is 24.2. The average molecular weight is 488 g/mol. The van der Waals surface area contributed by atoms with Crippen molar-refractivity contribution in [3.63, 3.8) is 0 Å². The maximum atomic E-state index is 13.3. The summed E-state index contributed by atoms with van der Waals surface area (Å²) in [5, 5.41) is 18.3. The number of pyridine rings is 1. The van der Waals surface area contributed by atoms with Crippen LogP contribution in [0.15, 0.2) is 42.7 Å². The van der Waals surface area contributed by atoms with Crippen molar-refractivity contribution in [2.45, 2.75) is 70.9 Å². The highest BCUT2D eigenvalue weighted by Gasteiger charge is 2.36. The molecule has 4 N–H and O–H groups in total. The molecule has 0 radical (unpaired) electrons. The minimum absolute atomic E-state index is 0.115. The van der Waals surface area contributed by atoms with Gasteiger partial charge < -0.3 is 16.2 Å². The van der Waals surface area contributed by atoms with Gasteiger partial charge in [-0.15, -0.1) is 0 Å². The molecular weight excluding hydrogens is 454 g/mol. The lowest BCUT2D eigenvalue weighted by Gasteiger charge is -2.29. The molecule has 3 aromatic rings. The summed E-state index contributed by atoms with van der Waals surface area (Å²) in [6.45, 7) is 4.21. The van der Waals surface area contributed by atoms with Crippen molar-refractivity contribution in [2.24, 2.45) is 11.1 Å². The van der Waals surface area contributed by atoms with Crippen LogP contribution in [0.3, 0.4) is 0 Å². The van der Waals surface area contributed by atoms with Crippen LogP contribution in [0.1, 0.15) is 83.6 Å². The van der Waals surface area contributed by atoms with Gasteiger partial charge in [-0.2, -0.15) is 5.10 Å². The smallest absolute Gasteiger partial charge is 0.250 e. The Balaban J connectivity index is 1.57. The first-order valence-corrected chi connectivity index (χ1v) is 12.6. The molecule has 2 aliphatic rings. The number of ketones is 1. The summed E-state index contributed by atoms with van der Waals surface area (Å²) in [5.41, 5.74) is 10.8. The minimum Gasteiger partial charge on any atom is -0.393 e. The highest BCUT2D eigenvalue weighted by molar-refractivity contribution is 6.00. The topological polar surface area (TPSA) is 123 Å². The number of fused-ring (bicyclic) bond motifs is 1. The van der Waals surface area contributed by atoms with Gasteiger partial charge in [0, 0.05) is 37.0 Å². The summed E-state index contributed by atoms with van der Waals surface area (Å²) in [6, 6.07) is 9.49. The Hall–Kier alpha value is -3.52. The highest BCUT2D eigenvalue weighted by atomic mass is 16.3. The lowest BCUT2D eigenvalue weighted by Crippen LogP contribution is -2.29. The maximum absolute atomic E-state index is 13.3. The predicted octanol–water partition coefficient (Wildman–Crippen LogP) is 3.83. The van der Waals surface area contributed by atoms with Gasteiger partial charge in [0.1, 0.15) is 0 Å². The molecule has 0 unspecified atom stereocenters. The van der Waals surface area contributed by atoms with Crippen molar-refractivity contribution >= 4 is 17.4 Å². The van der Waals surface area contributed by atoms with Crippen molar-refractivity contribution < 1.29 is 14.7 Å². The van der Waals surface area contributed by atoms with Gasteiger partial charge in [0.25, 0.3) is 5.91 Å². The molecule has 2 aromatic heterocycles. The molecule has 36 heavy (non-hydrogen) atoms. The second kappa shape index (κ2) is 9.50. The normalized spacial score (nSPS) is 21.1. The third-order valence-electron chi connectivity index (χ3n) is 7.31. The molecule has 2 aliphatic carbocycles. The van der Waals surface area contributed by atoms with E-state index >= 15 is 0 Å². The molecular formula is C28H33N5O3. The number of aliphatic hydroxyl groups is 1. The number of primary amides is 1. The van der Waals surface area contributed by atoms with Crippen LogP contribution < -0.4 is 11.1 Å². The standard InChI is InChI=1S/C28H33N5O3/c1-28(2)15-24-26(25(35)16-28)23(13-17-9-11-30-12-10-17)32-33(24)19-5-8-21(27(29)36)22(14-19)31-18-3-6-20(34)7-4-18/h5,8-12,14,18,20,31,34H,3-4,6-7,13,15-16H2,1-2H3,(H2,29,36)/t18-,20-. The lowest BCUT2D eigenvalue weighted by atomic mass is 9.75. The van der Waals surface area contributed by atoms with Gasteiger partial charge in [0.15, 0.2) is 5.78 Å². The summed E-state index contributed by atoms with van der Waals surface area (Å²) in [7, 11) is 0. The fourth-order valence-electron chi connectivity index (χ4n) is 5.50. The number of amides is 1. The zero-order valence-corrected chi connectivity index (χ0v) is 20.8. The predicted molar refractivity (Wildman–Crippen MR) is 137 cm³/mol. The number of carbonyl (C=O) groups excluding carboxylic acids is 2. The number of Topliss-reactive ketones (excluding diaryl/α,β-unsaturated/α-hetero) is 1. The molecule has 1 saturated carbocycles. The largest absolute Gasteiger partial charge is 0.393 e. The zero-order valence-electron chi connectivity index (χ0n) is 20.8. The molecule has 188 valence electrons. The van der Waals surface area contributed by atoms with E-state index in [2.05, 4.69) is 24.1 Å². The first-order valence-electron chi connectivity index (χ1n) is 12.6. The Bertz CT molecular complexity index is 1290. The number of benzene rings is 1. The van der Waals surface area contributed by atoms with Crippen LogP contribution in [0, 0.1) is 5.41 Å². The number of carbonyl (C=O) groups is 2. The van der Waals surface area contributed by atoms with Gasteiger partial charge in [0.2, 0.25) is 0 Å². The Morgan fingerprint density at radius 2 is 1.86 bits per heavy atom. The molecule has 0 aliphatic heterocycles. The lowest BCUT2D eigenvalue weighted by molar-refractivity contribution is 0.0909. The van der Waals surface area contributed by atoms with Crippen LogP contribution in [0.5, 0.6) is 0 Å². The zero-order chi connectivity index (χ0) is 25.4. The van der Waals surface area contributed by atoms with Crippen LogP contribution in [0.2, 0.25) is 0 Å². The quantitative estimate of drug-likeness (QED) is 0.486. The Kier molecular flexibility index (Phi) is 6.38. The number of nitrogens with one attached hydrogen (secondary N) is 1. The van der Waals surface area contributed by atoms with Crippen molar-refractivity contribution in [1.29, 1.82) is 0 Å². The monoisotopic (exact) mass is 487 g/mol. The number of rotatable bonds is 6. The first-order chi connectivity index (χ1) is 17.2. The van der Waals surface area contributed by atoms with Crippen LogP contribution in [-0.4, -0.2) is 43.7 Å². The van der Waals surface area contributed by atoms with Gasteiger partial charge in [-0.25, -0.2) is 4.68 Å². The summed E-state index contributed by atoms with van der Waals surface area (Å²) >= 11 is 0. The molecule has 2 heterocycles. The van der Waals surface area contributed by atoms with Crippen LogP contribution in [-0.2, 0) is 12.8 Å². The fourth-order valence-corrected chi connectivity index (χ4v) is 5.50. The third kappa shape index (κ3) is 4.91. The number of nitrogens with two attached hydrogens (primary N) is 1. The second-order valence-electron chi connectivity index (χ2n) is 10.9. The molecule has 0 atom stereocenters. The molecule has 0 saturated heterocycles. The highest BCUT2D eigenvalue weighted by Crippen LogP contribution is 2.38. The van der Waals surface area contributed by atoms with E-state index in [1.165, 1.54) is 0 Å². The number of hydrogen-bond acceptors (Lipinski definition) is 6. The Morgan fingerprint density at radius 1 is 1.14 bits per heavy atom.